The Balaban J connectivity index is 1.36. The molecule has 174 valence electrons. The number of rotatable bonds is 10. The topological polar surface area (TPSA) is 105 Å². The van der Waals surface area contributed by atoms with Gasteiger partial charge in [0, 0.05) is 18.9 Å². The molecule has 2 aliphatic carbocycles. The average Bonchev–Trinajstić information content (AvgIpc) is 3.52. The number of benzene rings is 2. The van der Waals surface area contributed by atoms with E-state index in [1.54, 1.807) is 0 Å². The molecule has 33 heavy (non-hydrogen) atoms. The first-order valence-corrected chi connectivity index (χ1v) is 11.6. The lowest BCUT2D eigenvalue weighted by Crippen LogP contribution is -2.47. The van der Waals surface area contributed by atoms with Crippen LogP contribution >= 0.6 is 0 Å². The van der Waals surface area contributed by atoms with Crippen LogP contribution < -0.4 is 10.6 Å². The highest BCUT2D eigenvalue weighted by atomic mass is 16.5. The molecule has 1 unspecified atom stereocenters. The molecule has 2 aromatic rings. The van der Waals surface area contributed by atoms with Gasteiger partial charge in [-0.25, -0.2) is 4.79 Å². The minimum atomic E-state index is -1.02. The number of carbonyl (C=O) groups excluding carboxylic acids is 2. The highest BCUT2D eigenvalue weighted by Crippen LogP contribution is 2.44. The summed E-state index contributed by atoms with van der Waals surface area (Å²) < 4.78 is 5.52. The Kier molecular flexibility index (Phi) is 6.96. The van der Waals surface area contributed by atoms with Gasteiger partial charge in [0.15, 0.2) is 0 Å². The zero-order valence-electron chi connectivity index (χ0n) is 18.8. The van der Waals surface area contributed by atoms with Gasteiger partial charge < -0.3 is 20.5 Å². The number of alkyl carbamates (subject to hydrolysis) is 1. The smallest absolute Gasteiger partial charge is 0.407 e. The van der Waals surface area contributed by atoms with Crippen LogP contribution in [0.5, 0.6) is 0 Å². The van der Waals surface area contributed by atoms with E-state index < -0.39 is 18.1 Å². The van der Waals surface area contributed by atoms with E-state index in [1.165, 1.54) is 0 Å². The van der Waals surface area contributed by atoms with Crippen molar-refractivity contribution in [1.29, 1.82) is 0 Å². The van der Waals surface area contributed by atoms with E-state index in [0.717, 1.165) is 35.1 Å². The summed E-state index contributed by atoms with van der Waals surface area (Å²) >= 11 is 0. The Morgan fingerprint density at radius 1 is 1.03 bits per heavy atom. The predicted molar refractivity (Wildman–Crippen MR) is 124 cm³/mol. The van der Waals surface area contributed by atoms with Crippen molar-refractivity contribution in [3.05, 3.63) is 59.7 Å². The Hall–Kier alpha value is -3.35. The number of carbonyl (C=O) groups is 3. The first-order valence-electron chi connectivity index (χ1n) is 11.6. The van der Waals surface area contributed by atoms with Crippen LogP contribution in [0.15, 0.2) is 48.5 Å². The molecular formula is C26H30N2O5. The standard InChI is InChI=1S/C26H30N2O5/c1-2-16-13-17(16)14-27-25(31)23(11-12-24(29)30)28-26(32)33-15-22-20-9-5-3-7-18(20)19-8-4-6-10-21(19)22/h3-10,16-17,22-23H,2,11-15H2,1H3,(H,27,31)(H,28,32)(H,29,30)/t16-,17+,23?/m1/s1. The summed E-state index contributed by atoms with van der Waals surface area (Å²) in [7, 11) is 0. The second kappa shape index (κ2) is 10.1. The van der Waals surface area contributed by atoms with Gasteiger partial charge in [-0.2, -0.15) is 0 Å². The van der Waals surface area contributed by atoms with E-state index in [-0.39, 0.29) is 31.3 Å². The monoisotopic (exact) mass is 450 g/mol. The highest BCUT2D eigenvalue weighted by Gasteiger charge is 2.36. The number of hydrogen-bond donors (Lipinski definition) is 3. The molecule has 0 bridgehead atoms. The largest absolute Gasteiger partial charge is 0.481 e. The Labute approximate surface area is 193 Å². The summed E-state index contributed by atoms with van der Waals surface area (Å²) in [4.78, 5) is 36.2. The number of hydrogen-bond acceptors (Lipinski definition) is 4. The van der Waals surface area contributed by atoms with E-state index in [0.29, 0.717) is 18.4 Å². The maximum absolute atomic E-state index is 12.6. The van der Waals surface area contributed by atoms with E-state index >= 15 is 0 Å². The molecule has 3 atom stereocenters. The first-order chi connectivity index (χ1) is 16.0. The highest BCUT2D eigenvalue weighted by molar-refractivity contribution is 5.86. The van der Waals surface area contributed by atoms with Gasteiger partial charge in [-0.1, -0.05) is 61.9 Å². The normalized spacial score (nSPS) is 19.2. The van der Waals surface area contributed by atoms with Crippen LogP contribution in [0.3, 0.4) is 0 Å². The van der Waals surface area contributed by atoms with Gasteiger partial charge in [0.1, 0.15) is 12.6 Å². The van der Waals surface area contributed by atoms with E-state index in [4.69, 9.17) is 9.84 Å². The van der Waals surface area contributed by atoms with Crippen LogP contribution in [0.4, 0.5) is 4.79 Å². The number of nitrogens with one attached hydrogen (secondary N) is 2. The van der Waals surface area contributed by atoms with E-state index in [9.17, 15) is 14.4 Å². The Morgan fingerprint density at radius 3 is 2.24 bits per heavy atom. The maximum atomic E-state index is 12.6. The minimum absolute atomic E-state index is 0.00718. The molecular weight excluding hydrogens is 420 g/mol. The molecule has 4 rings (SSSR count). The summed E-state index contributed by atoms with van der Waals surface area (Å²) in [6, 6.07) is 15.1. The molecule has 2 aliphatic rings. The van der Waals surface area contributed by atoms with Gasteiger partial charge in [0.25, 0.3) is 0 Å². The lowest BCUT2D eigenvalue weighted by molar-refractivity contribution is -0.137. The molecule has 3 N–H and O–H groups in total. The van der Waals surface area contributed by atoms with Crippen LogP contribution in [-0.4, -0.2) is 42.3 Å². The van der Waals surface area contributed by atoms with Gasteiger partial charge >= 0.3 is 12.1 Å². The summed E-state index contributed by atoms with van der Waals surface area (Å²) in [6.45, 7) is 2.81. The number of ether oxygens (including phenoxy) is 1. The van der Waals surface area contributed by atoms with Crippen molar-refractivity contribution in [2.75, 3.05) is 13.2 Å². The second-order valence-corrected chi connectivity index (χ2v) is 8.86. The van der Waals surface area contributed by atoms with Crippen molar-refractivity contribution in [1.82, 2.24) is 10.6 Å². The minimum Gasteiger partial charge on any atom is -0.481 e. The fraction of sp³-hybridized carbons (Fsp3) is 0.423. The van der Waals surface area contributed by atoms with Crippen LogP contribution in [0.2, 0.25) is 0 Å². The molecule has 1 saturated carbocycles. The fourth-order valence-corrected chi connectivity index (χ4v) is 4.73. The van der Waals surface area contributed by atoms with Crippen LogP contribution in [0.25, 0.3) is 11.1 Å². The molecule has 0 heterocycles. The van der Waals surface area contributed by atoms with E-state index in [2.05, 4.69) is 29.7 Å². The van der Waals surface area contributed by atoms with Gasteiger partial charge in [-0.05, 0) is 46.9 Å². The molecule has 0 radical (unpaired) electrons. The summed E-state index contributed by atoms with van der Waals surface area (Å²) in [6.07, 6.45) is 1.24. The Morgan fingerprint density at radius 2 is 1.67 bits per heavy atom. The van der Waals surface area contributed by atoms with Gasteiger partial charge in [-0.15, -0.1) is 0 Å². The third-order valence-electron chi connectivity index (χ3n) is 6.73. The van der Waals surface area contributed by atoms with Crippen molar-refractivity contribution in [2.24, 2.45) is 11.8 Å². The number of carboxylic acid groups (broad SMARTS) is 1. The zero-order chi connectivity index (χ0) is 23.4. The number of amides is 2. The summed E-state index contributed by atoms with van der Waals surface area (Å²) in [5.41, 5.74) is 4.46. The third-order valence-corrected chi connectivity index (χ3v) is 6.73. The van der Waals surface area contributed by atoms with Gasteiger partial charge in [0.2, 0.25) is 5.91 Å². The summed E-state index contributed by atoms with van der Waals surface area (Å²) in [5.74, 6) is -0.372. The molecule has 7 heteroatoms. The molecule has 0 aromatic heterocycles. The quantitative estimate of drug-likeness (QED) is 0.509. The van der Waals surface area contributed by atoms with Crippen LogP contribution in [-0.2, 0) is 14.3 Å². The molecule has 2 aromatic carbocycles. The molecule has 2 amide bonds. The lowest BCUT2D eigenvalue weighted by atomic mass is 9.98. The lowest BCUT2D eigenvalue weighted by Gasteiger charge is -2.19. The third kappa shape index (κ3) is 5.35. The van der Waals surface area contributed by atoms with Crippen molar-refractivity contribution < 1.29 is 24.2 Å². The molecule has 0 saturated heterocycles. The van der Waals surface area contributed by atoms with E-state index in [1.807, 2.05) is 36.4 Å². The molecule has 1 fully saturated rings. The average molecular weight is 451 g/mol. The van der Waals surface area contributed by atoms with Crippen molar-refractivity contribution in [3.63, 3.8) is 0 Å². The number of aliphatic carboxylic acids is 1. The molecule has 7 nitrogen and oxygen atoms in total. The SMILES string of the molecule is CC[C@@H]1C[C@H]1CNC(=O)C(CCC(=O)O)NC(=O)OCC1c2ccccc2-c2ccccc21. The van der Waals surface area contributed by atoms with Crippen LogP contribution in [0.1, 0.15) is 49.7 Å². The first kappa shape index (κ1) is 22.8. The Bertz CT molecular complexity index is 991. The number of carboxylic acids is 1. The number of fused-ring (bicyclic) bond motifs is 3. The van der Waals surface area contributed by atoms with Crippen molar-refractivity contribution in [2.45, 2.75) is 44.6 Å². The van der Waals surface area contributed by atoms with Crippen molar-refractivity contribution in [3.8, 4) is 11.1 Å². The molecule has 0 spiro atoms. The second-order valence-electron chi connectivity index (χ2n) is 8.86. The zero-order valence-corrected chi connectivity index (χ0v) is 18.8. The fourth-order valence-electron chi connectivity index (χ4n) is 4.73. The summed E-state index contributed by atoms with van der Waals surface area (Å²) in [5, 5.41) is 14.5. The maximum Gasteiger partial charge on any atom is 0.407 e. The molecule has 0 aliphatic heterocycles. The van der Waals surface area contributed by atoms with Crippen molar-refractivity contribution >= 4 is 18.0 Å². The van der Waals surface area contributed by atoms with Gasteiger partial charge in [-0.3, -0.25) is 9.59 Å². The predicted octanol–water partition coefficient (Wildman–Crippen LogP) is 3.92. The van der Waals surface area contributed by atoms with Crippen LogP contribution in [0, 0.1) is 11.8 Å². The van der Waals surface area contributed by atoms with Gasteiger partial charge in [0.05, 0.1) is 0 Å².